The molecular weight excluding hydrogens is 136 g/mol. The van der Waals surface area contributed by atoms with E-state index in [1.807, 2.05) is 0 Å². The van der Waals surface area contributed by atoms with Gasteiger partial charge in [-0.05, 0) is 0 Å². The molecular formula is C4H8CaO3. The molecule has 1 atom stereocenters. The van der Waals surface area contributed by atoms with Gasteiger partial charge in [0.15, 0.2) is 0 Å². The third kappa shape index (κ3) is 3.66. The van der Waals surface area contributed by atoms with Crippen LogP contribution in [0.3, 0.4) is 0 Å². The van der Waals surface area contributed by atoms with E-state index in [-0.39, 0.29) is 53.1 Å². The number of rotatable bonds is 2. The second-order valence-corrected chi connectivity index (χ2v) is 1.55. The number of hydrogen-bond donors (Lipinski definition) is 1. The summed E-state index contributed by atoms with van der Waals surface area (Å²) in [4.78, 5) is 9.77. The molecule has 1 aliphatic rings. The first-order chi connectivity index (χ1) is 3.29. The fourth-order valence-electron chi connectivity index (χ4n) is 0.381. The van der Waals surface area contributed by atoms with Gasteiger partial charge in [-0.15, -0.1) is 0 Å². The molecule has 1 rings (SSSR count). The van der Waals surface area contributed by atoms with Gasteiger partial charge in [-0.1, -0.05) is 0 Å². The van der Waals surface area contributed by atoms with Crippen molar-refractivity contribution in [3.63, 3.8) is 0 Å². The Morgan fingerprint density at radius 2 is 2.50 bits per heavy atom. The first kappa shape index (κ1) is 8.69. The van der Waals surface area contributed by atoms with Crippen LogP contribution in [0.15, 0.2) is 0 Å². The van der Waals surface area contributed by atoms with Crippen molar-refractivity contribution in [2.45, 2.75) is 12.5 Å². The second-order valence-electron chi connectivity index (χ2n) is 1.55. The first-order valence-corrected chi connectivity index (χ1v) is 2.12. The van der Waals surface area contributed by atoms with Crippen LogP contribution in [0, 0.1) is 0 Å². The van der Waals surface area contributed by atoms with Gasteiger partial charge in [0.2, 0.25) is 0 Å². The molecule has 3 nitrogen and oxygen atoms in total. The summed E-state index contributed by atoms with van der Waals surface area (Å²) in [7, 11) is 0. The van der Waals surface area contributed by atoms with Crippen LogP contribution in [0.5, 0.6) is 0 Å². The molecule has 1 heterocycles. The van der Waals surface area contributed by atoms with E-state index >= 15 is 0 Å². The largest absolute Gasteiger partial charge is 2.00 e. The van der Waals surface area contributed by atoms with E-state index in [0.717, 1.165) is 0 Å². The van der Waals surface area contributed by atoms with Crippen LogP contribution in [0.4, 0.5) is 0 Å². The third-order valence-corrected chi connectivity index (χ3v) is 0.805. The fraction of sp³-hybridized carbons (Fsp3) is 0.750. The van der Waals surface area contributed by atoms with Gasteiger partial charge in [-0.3, -0.25) is 4.79 Å². The average molecular weight is 144 g/mol. The van der Waals surface area contributed by atoms with Crippen LogP contribution in [0.2, 0.25) is 0 Å². The molecule has 1 fully saturated rings. The van der Waals surface area contributed by atoms with Crippen LogP contribution in [0.25, 0.3) is 0 Å². The van der Waals surface area contributed by atoms with E-state index in [9.17, 15) is 4.79 Å². The number of epoxide rings is 1. The Balaban J connectivity index is -0.000000163. The minimum Gasteiger partial charge on any atom is -1.00 e. The first-order valence-electron chi connectivity index (χ1n) is 2.12. The van der Waals surface area contributed by atoms with Gasteiger partial charge in [0.05, 0.1) is 19.1 Å². The normalized spacial score (nSPS) is 23.8. The SMILES string of the molecule is O=C(O)C[C@@H]1CO1.[Ca+2].[H-].[H-]. The number of carbonyl (C=O) groups is 1. The predicted octanol–water partition coefficient (Wildman–Crippen LogP) is -0.296. The van der Waals surface area contributed by atoms with Gasteiger partial charge in [0, 0.05) is 0 Å². The molecule has 0 aromatic carbocycles. The average Bonchev–Trinajstić information content (AvgIpc) is 2.17. The molecule has 8 heavy (non-hydrogen) atoms. The van der Waals surface area contributed by atoms with Crippen molar-refractivity contribution in [1.29, 1.82) is 0 Å². The topological polar surface area (TPSA) is 49.8 Å². The van der Waals surface area contributed by atoms with Crippen molar-refractivity contribution in [3.8, 4) is 0 Å². The molecule has 0 spiro atoms. The third-order valence-electron chi connectivity index (χ3n) is 0.805. The Kier molecular flexibility index (Phi) is 3.98. The molecule has 0 aliphatic carbocycles. The summed E-state index contributed by atoms with van der Waals surface area (Å²) in [5.74, 6) is -0.775. The Bertz CT molecular complexity index is 96.5. The zero-order valence-corrected chi connectivity index (χ0v) is 6.67. The second kappa shape index (κ2) is 3.67. The van der Waals surface area contributed by atoms with Crippen LogP contribution in [-0.2, 0) is 9.53 Å². The van der Waals surface area contributed by atoms with E-state index in [1.165, 1.54) is 0 Å². The Morgan fingerprint density at radius 3 is 2.62 bits per heavy atom. The minimum absolute atomic E-state index is 0. The molecule has 0 aromatic rings. The smallest absolute Gasteiger partial charge is 1.00 e. The Morgan fingerprint density at radius 1 is 2.00 bits per heavy atom. The standard InChI is InChI=1S/C4H6O3.Ca.2H/c5-4(6)1-3-2-7-3;;;/h3H,1-2H2,(H,5,6);;;/q;+2;2*-1/t3-;;;/m1.../s1. The van der Waals surface area contributed by atoms with Crippen LogP contribution >= 0.6 is 0 Å². The van der Waals surface area contributed by atoms with E-state index in [4.69, 9.17) is 5.11 Å². The molecule has 4 heteroatoms. The summed E-state index contributed by atoms with van der Waals surface area (Å²) in [6.07, 6.45) is 0.192. The molecule has 0 radical (unpaired) electrons. The fourth-order valence-corrected chi connectivity index (χ4v) is 0.381. The van der Waals surface area contributed by atoms with Crippen LogP contribution < -0.4 is 0 Å². The Labute approximate surface area is 80.0 Å². The van der Waals surface area contributed by atoms with Crippen LogP contribution in [-0.4, -0.2) is 61.5 Å². The molecule has 1 aliphatic heterocycles. The van der Waals surface area contributed by atoms with Crippen molar-refractivity contribution in [2.24, 2.45) is 0 Å². The number of hydrogen-bond acceptors (Lipinski definition) is 2. The van der Waals surface area contributed by atoms with Crippen molar-refractivity contribution in [1.82, 2.24) is 0 Å². The molecule has 0 saturated carbocycles. The summed E-state index contributed by atoms with van der Waals surface area (Å²) in [5, 5.41) is 8.04. The van der Waals surface area contributed by atoms with Crippen molar-refractivity contribution < 1.29 is 17.5 Å². The quantitative estimate of drug-likeness (QED) is 0.428. The predicted molar refractivity (Wildman–Crippen MR) is 30.0 cm³/mol. The maximum Gasteiger partial charge on any atom is 2.00 e. The van der Waals surface area contributed by atoms with E-state index in [1.54, 1.807) is 0 Å². The zero-order valence-electron chi connectivity index (χ0n) is 6.46. The molecule has 0 bridgehead atoms. The van der Waals surface area contributed by atoms with Crippen molar-refractivity contribution in [2.75, 3.05) is 6.61 Å². The van der Waals surface area contributed by atoms with E-state index in [0.29, 0.717) is 6.61 Å². The monoisotopic (exact) mass is 144 g/mol. The van der Waals surface area contributed by atoms with Gasteiger partial charge >= 0.3 is 43.7 Å². The molecule has 1 saturated heterocycles. The number of carboxylic acid groups (broad SMARTS) is 1. The summed E-state index contributed by atoms with van der Waals surface area (Å²) in [6, 6.07) is 0. The van der Waals surface area contributed by atoms with Gasteiger partial charge in [0.25, 0.3) is 0 Å². The Hall–Kier alpha value is 0.690. The van der Waals surface area contributed by atoms with E-state index < -0.39 is 5.97 Å². The minimum atomic E-state index is -0.775. The van der Waals surface area contributed by atoms with Crippen molar-refractivity contribution >= 4 is 43.7 Å². The van der Waals surface area contributed by atoms with Crippen molar-refractivity contribution in [3.05, 3.63) is 0 Å². The maximum absolute atomic E-state index is 9.77. The number of aliphatic carboxylic acids is 1. The summed E-state index contributed by atoms with van der Waals surface area (Å²) in [5.41, 5.74) is 0. The van der Waals surface area contributed by atoms with Crippen LogP contribution in [0.1, 0.15) is 9.27 Å². The summed E-state index contributed by atoms with van der Waals surface area (Å²) < 4.78 is 4.64. The zero-order chi connectivity index (χ0) is 5.28. The summed E-state index contributed by atoms with van der Waals surface area (Å²) in [6.45, 7) is 0.631. The molecule has 0 aromatic heterocycles. The molecule has 0 amide bonds. The number of carboxylic acids is 1. The summed E-state index contributed by atoms with van der Waals surface area (Å²) >= 11 is 0. The molecule has 0 unspecified atom stereocenters. The van der Waals surface area contributed by atoms with E-state index in [2.05, 4.69) is 4.74 Å². The van der Waals surface area contributed by atoms with Gasteiger partial charge in [-0.25, -0.2) is 0 Å². The maximum atomic E-state index is 9.77. The number of ether oxygens (including phenoxy) is 1. The van der Waals surface area contributed by atoms with Gasteiger partial charge in [0.1, 0.15) is 0 Å². The van der Waals surface area contributed by atoms with Gasteiger partial charge in [-0.2, -0.15) is 0 Å². The molecule has 44 valence electrons. The van der Waals surface area contributed by atoms with Gasteiger partial charge < -0.3 is 12.7 Å². The molecule has 1 N–H and O–H groups in total.